The van der Waals surface area contributed by atoms with Gasteiger partial charge in [0.25, 0.3) is 0 Å². The summed E-state index contributed by atoms with van der Waals surface area (Å²) in [6.07, 6.45) is 2.22. The molecule has 0 bridgehead atoms. The van der Waals surface area contributed by atoms with Gasteiger partial charge in [0, 0.05) is 33.1 Å². The lowest BCUT2D eigenvalue weighted by Crippen LogP contribution is -2.47. The first-order chi connectivity index (χ1) is 12.0. The second-order valence-electron chi connectivity index (χ2n) is 6.41. The lowest BCUT2D eigenvalue weighted by Gasteiger charge is -2.35. The van der Waals surface area contributed by atoms with E-state index in [1.165, 1.54) is 4.90 Å². The van der Waals surface area contributed by atoms with E-state index in [2.05, 4.69) is 16.7 Å². The van der Waals surface area contributed by atoms with Crippen molar-refractivity contribution in [2.24, 2.45) is 0 Å². The molecule has 2 rings (SSSR count). The third-order valence-corrected chi connectivity index (χ3v) is 4.51. The highest BCUT2D eigenvalue weighted by Crippen LogP contribution is 2.38. The van der Waals surface area contributed by atoms with Crippen LogP contribution in [-0.2, 0) is 14.4 Å². The minimum Gasteiger partial charge on any atom is -0.376 e. The molecule has 0 radical (unpaired) electrons. The fourth-order valence-electron chi connectivity index (χ4n) is 3.20. The molecule has 1 saturated heterocycles. The number of hydrogen-bond acceptors (Lipinski definition) is 5. The molecule has 0 aliphatic carbocycles. The first kappa shape index (κ1) is 18.9. The molecule has 2 N–H and O–H groups in total. The second kappa shape index (κ2) is 8.62. The maximum atomic E-state index is 12.3. The number of amides is 3. The Hall–Kier alpha value is -2.41. The first-order valence-electron chi connectivity index (χ1n) is 8.53. The molecule has 1 aliphatic rings. The zero-order valence-corrected chi connectivity index (χ0v) is 15.0. The van der Waals surface area contributed by atoms with Gasteiger partial charge in [-0.2, -0.15) is 0 Å². The van der Waals surface area contributed by atoms with Gasteiger partial charge in [0.05, 0.1) is 11.4 Å². The minimum atomic E-state index is -0.721. The number of imide groups is 1. The maximum absolute atomic E-state index is 12.3. The minimum absolute atomic E-state index is 0.358. The molecule has 25 heavy (non-hydrogen) atoms. The van der Waals surface area contributed by atoms with Crippen molar-refractivity contribution in [2.75, 3.05) is 37.0 Å². The summed E-state index contributed by atoms with van der Waals surface area (Å²) in [6.45, 7) is 3.73. The maximum Gasteiger partial charge on any atom is 0.249 e. The number of hydrogen-bond donors (Lipinski definition) is 2. The molecule has 7 nitrogen and oxygen atoms in total. The van der Waals surface area contributed by atoms with Crippen molar-refractivity contribution in [2.45, 2.75) is 31.7 Å². The molecule has 136 valence electrons. The number of anilines is 2. The normalized spacial score (nSPS) is 15.0. The Morgan fingerprint density at radius 3 is 2.56 bits per heavy atom. The summed E-state index contributed by atoms with van der Waals surface area (Å²) < 4.78 is 0. The van der Waals surface area contributed by atoms with E-state index in [9.17, 15) is 14.4 Å². The largest absolute Gasteiger partial charge is 0.376 e. The van der Waals surface area contributed by atoms with Crippen LogP contribution >= 0.6 is 0 Å². The summed E-state index contributed by atoms with van der Waals surface area (Å²) in [4.78, 5) is 38.3. The van der Waals surface area contributed by atoms with E-state index in [0.717, 1.165) is 24.3 Å². The van der Waals surface area contributed by atoms with Crippen LogP contribution in [0.25, 0.3) is 0 Å². The van der Waals surface area contributed by atoms with E-state index in [1.807, 2.05) is 38.1 Å². The molecule has 7 heteroatoms. The molecule has 1 aliphatic heterocycles. The van der Waals surface area contributed by atoms with Gasteiger partial charge in [-0.05, 0) is 18.1 Å². The Morgan fingerprint density at radius 1 is 1.36 bits per heavy atom. The topological polar surface area (TPSA) is 81.8 Å². The smallest absolute Gasteiger partial charge is 0.249 e. The number of nitrogens with zero attached hydrogens (tertiary/aromatic N) is 2. The van der Waals surface area contributed by atoms with Gasteiger partial charge < -0.3 is 15.1 Å². The summed E-state index contributed by atoms with van der Waals surface area (Å²) in [5, 5.41) is 5.44. The molecule has 1 fully saturated rings. The van der Waals surface area contributed by atoms with Gasteiger partial charge in [0.15, 0.2) is 0 Å². The van der Waals surface area contributed by atoms with E-state index in [-0.39, 0.29) is 0 Å². The number of nitrogens with one attached hydrogen (secondary N) is 2. The molecule has 0 saturated carbocycles. The van der Waals surface area contributed by atoms with Crippen LogP contribution in [0.4, 0.5) is 11.4 Å². The molecular formula is C18H26N4O3. The Labute approximate surface area is 148 Å². The van der Waals surface area contributed by atoms with E-state index < -0.39 is 11.9 Å². The summed E-state index contributed by atoms with van der Waals surface area (Å²) in [6, 6.07) is 5.10. The quantitative estimate of drug-likeness (QED) is 0.648. The van der Waals surface area contributed by atoms with Crippen LogP contribution in [0.2, 0.25) is 0 Å². The highest BCUT2D eigenvalue weighted by Gasteiger charge is 2.30. The Balaban J connectivity index is 2.49. The molecular weight excluding hydrogens is 320 g/mol. The number of para-hydroxylation sites is 1. The third-order valence-electron chi connectivity index (χ3n) is 4.51. The van der Waals surface area contributed by atoms with Gasteiger partial charge >= 0.3 is 0 Å². The van der Waals surface area contributed by atoms with Crippen molar-refractivity contribution in [3.05, 3.63) is 23.8 Å². The molecule has 3 amide bonds. The number of carbonyl (C=O) groups is 3. The summed E-state index contributed by atoms with van der Waals surface area (Å²) in [5.74, 6) is -0.0800. The molecule has 1 aromatic carbocycles. The predicted octanol–water partition coefficient (Wildman–Crippen LogP) is 0.844. The van der Waals surface area contributed by atoms with Crippen molar-refractivity contribution in [1.29, 1.82) is 0 Å². The van der Waals surface area contributed by atoms with E-state index in [4.69, 9.17) is 0 Å². The summed E-state index contributed by atoms with van der Waals surface area (Å²) >= 11 is 0. The standard InChI is InChI=1S/C18H26N4O3/c1-4-6-16(18(25)20-11-23)22(12-24)15-8-5-7-14(13-9-19-10-13)17(15)21(2)3/h5,7-8,11-13,16,19H,4,6,9-10H2,1-3H3,(H,20,23,25). The van der Waals surface area contributed by atoms with Crippen LogP contribution < -0.4 is 20.4 Å². The molecule has 1 atom stereocenters. The van der Waals surface area contributed by atoms with Gasteiger partial charge in [-0.1, -0.05) is 25.5 Å². The van der Waals surface area contributed by atoms with Crippen LogP contribution in [0.5, 0.6) is 0 Å². The van der Waals surface area contributed by atoms with Crippen LogP contribution in [-0.4, -0.2) is 52.0 Å². The summed E-state index contributed by atoms with van der Waals surface area (Å²) in [7, 11) is 3.86. The molecule has 0 spiro atoms. The monoisotopic (exact) mass is 346 g/mol. The average Bonchev–Trinajstić information content (AvgIpc) is 2.53. The third kappa shape index (κ3) is 3.99. The molecule has 1 aromatic rings. The number of benzene rings is 1. The highest BCUT2D eigenvalue weighted by molar-refractivity contribution is 5.98. The predicted molar refractivity (Wildman–Crippen MR) is 97.8 cm³/mol. The fraction of sp³-hybridized carbons (Fsp3) is 0.500. The van der Waals surface area contributed by atoms with Gasteiger partial charge in [-0.3, -0.25) is 19.7 Å². The zero-order chi connectivity index (χ0) is 18.4. The van der Waals surface area contributed by atoms with Gasteiger partial charge in [-0.25, -0.2) is 0 Å². The molecule has 0 aromatic heterocycles. The number of rotatable bonds is 9. The van der Waals surface area contributed by atoms with Gasteiger partial charge in [-0.15, -0.1) is 0 Å². The van der Waals surface area contributed by atoms with Crippen molar-refractivity contribution in [3.8, 4) is 0 Å². The Bertz CT molecular complexity index is 629. The van der Waals surface area contributed by atoms with Crippen molar-refractivity contribution in [1.82, 2.24) is 10.6 Å². The average molecular weight is 346 g/mol. The lowest BCUT2D eigenvalue weighted by atomic mass is 9.90. The Morgan fingerprint density at radius 2 is 2.08 bits per heavy atom. The van der Waals surface area contributed by atoms with E-state index in [0.29, 0.717) is 37.3 Å². The lowest BCUT2D eigenvalue weighted by molar-refractivity contribution is -0.127. The van der Waals surface area contributed by atoms with Crippen LogP contribution in [0.3, 0.4) is 0 Å². The van der Waals surface area contributed by atoms with Crippen LogP contribution in [0, 0.1) is 0 Å². The van der Waals surface area contributed by atoms with Gasteiger partial charge in [0.2, 0.25) is 18.7 Å². The van der Waals surface area contributed by atoms with E-state index in [1.54, 1.807) is 0 Å². The van der Waals surface area contributed by atoms with Gasteiger partial charge in [0.1, 0.15) is 6.04 Å². The van der Waals surface area contributed by atoms with Crippen LogP contribution in [0.1, 0.15) is 31.2 Å². The summed E-state index contributed by atoms with van der Waals surface area (Å²) in [5.41, 5.74) is 2.77. The second-order valence-corrected chi connectivity index (χ2v) is 6.41. The fourth-order valence-corrected chi connectivity index (χ4v) is 3.20. The Kier molecular flexibility index (Phi) is 6.52. The van der Waals surface area contributed by atoms with Crippen molar-refractivity contribution < 1.29 is 14.4 Å². The van der Waals surface area contributed by atoms with E-state index >= 15 is 0 Å². The first-order valence-corrected chi connectivity index (χ1v) is 8.53. The van der Waals surface area contributed by atoms with Crippen molar-refractivity contribution >= 4 is 30.1 Å². The SMILES string of the molecule is CCCC(C(=O)NC=O)N(C=O)c1cccc(C2CNC2)c1N(C)C. The van der Waals surface area contributed by atoms with Crippen LogP contribution in [0.15, 0.2) is 18.2 Å². The molecule has 1 heterocycles. The zero-order valence-electron chi connectivity index (χ0n) is 15.0. The highest BCUT2D eigenvalue weighted by atomic mass is 16.2. The number of carbonyl (C=O) groups excluding carboxylic acids is 3. The molecule has 1 unspecified atom stereocenters. The van der Waals surface area contributed by atoms with Crippen molar-refractivity contribution in [3.63, 3.8) is 0 Å².